The van der Waals surface area contributed by atoms with Gasteiger partial charge < -0.3 is 9.84 Å². The van der Waals surface area contributed by atoms with Crippen molar-refractivity contribution in [3.05, 3.63) is 46.0 Å². The molecule has 0 aromatic heterocycles. The van der Waals surface area contributed by atoms with Gasteiger partial charge in [-0.05, 0) is 25.1 Å². The van der Waals surface area contributed by atoms with Gasteiger partial charge in [-0.15, -0.1) is 0 Å². The molecule has 1 rings (SSSR count). The molecule has 0 aliphatic carbocycles. The van der Waals surface area contributed by atoms with Crippen LogP contribution in [0.25, 0.3) is 0 Å². The highest BCUT2D eigenvalue weighted by Crippen LogP contribution is 2.17. The van der Waals surface area contributed by atoms with Gasteiger partial charge in [-0.3, -0.25) is 10.1 Å². The topological polar surface area (TPSA) is 89.7 Å². The highest BCUT2D eigenvalue weighted by Gasteiger charge is 2.04. The first-order valence-corrected chi connectivity index (χ1v) is 4.78. The van der Waals surface area contributed by atoms with Crippen LogP contribution in [-0.2, 0) is 4.79 Å². The van der Waals surface area contributed by atoms with Crippen LogP contribution in [0.1, 0.15) is 6.92 Å². The summed E-state index contributed by atoms with van der Waals surface area (Å²) in [6.45, 7) is 1.57. The van der Waals surface area contributed by atoms with E-state index in [1.165, 1.54) is 37.3 Å². The molecular weight excluding hydrogens is 226 g/mol. The smallest absolute Gasteiger partial charge is 0.331 e. The second-order valence-corrected chi connectivity index (χ2v) is 3.25. The van der Waals surface area contributed by atoms with Crippen LogP contribution in [0.5, 0.6) is 5.75 Å². The van der Waals surface area contributed by atoms with Gasteiger partial charge in [0.1, 0.15) is 12.4 Å². The van der Waals surface area contributed by atoms with Crippen molar-refractivity contribution >= 4 is 11.7 Å². The summed E-state index contributed by atoms with van der Waals surface area (Å²) in [6.07, 6.45) is 1.42. The lowest BCUT2D eigenvalue weighted by atomic mass is 10.3. The Hall–Kier alpha value is -2.37. The maximum Gasteiger partial charge on any atom is 0.331 e. The Morgan fingerprint density at radius 3 is 2.53 bits per heavy atom. The van der Waals surface area contributed by atoms with Crippen LogP contribution in [-0.4, -0.2) is 22.6 Å². The third kappa shape index (κ3) is 3.94. The second kappa shape index (κ2) is 5.64. The van der Waals surface area contributed by atoms with Crippen molar-refractivity contribution in [2.45, 2.75) is 6.92 Å². The van der Waals surface area contributed by atoms with E-state index in [9.17, 15) is 14.9 Å². The van der Waals surface area contributed by atoms with Crippen molar-refractivity contribution in [1.29, 1.82) is 0 Å². The molecule has 0 saturated carbocycles. The zero-order valence-corrected chi connectivity index (χ0v) is 9.12. The van der Waals surface area contributed by atoms with Crippen LogP contribution in [0.2, 0.25) is 0 Å². The minimum absolute atomic E-state index is 0.0189. The SMILES string of the molecule is CC(=CCOc1ccc([N+](=O)[O-])cc1)C(=O)O. The Bertz CT molecular complexity index is 449. The van der Waals surface area contributed by atoms with E-state index in [1.54, 1.807) is 0 Å². The number of carboxylic acid groups (broad SMARTS) is 1. The second-order valence-electron chi connectivity index (χ2n) is 3.25. The number of nitrogens with zero attached hydrogens (tertiary/aromatic N) is 1. The molecule has 0 unspecified atom stereocenters. The number of benzene rings is 1. The predicted molar refractivity (Wildman–Crippen MR) is 60.0 cm³/mol. The highest BCUT2D eigenvalue weighted by molar-refractivity contribution is 5.85. The number of nitro groups is 1. The number of nitro benzene ring substituents is 1. The van der Waals surface area contributed by atoms with Crippen molar-refractivity contribution in [3.8, 4) is 5.75 Å². The number of carbonyl (C=O) groups is 1. The lowest BCUT2D eigenvalue weighted by Crippen LogP contribution is -2.00. The molecule has 0 amide bonds. The summed E-state index contributed by atoms with van der Waals surface area (Å²) in [5, 5.41) is 19.0. The lowest BCUT2D eigenvalue weighted by molar-refractivity contribution is -0.384. The van der Waals surface area contributed by atoms with Gasteiger partial charge in [-0.1, -0.05) is 0 Å². The molecule has 6 heteroatoms. The normalized spacial score (nSPS) is 11.0. The lowest BCUT2D eigenvalue weighted by Gasteiger charge is -2.02. The first-order valence-electron chi connectivity index (χ1n) is 4.78. The van der Waals surface area contributed by atoms with Gasteiger partial charge in [-0.2, -0.15) is 0 Å². The van der Waals surface area contributed by atoms with E-state index >= 15 is 0 Å². The molecule has 1 aromatic rings. The van der Waals surface area contributed by atoms with E-state index in [-0.39, 0.29) is 17.9 Å². The molecule has 1 aromatic carbocycles. The maximum atomic E-state index is 10.5. The van der Waals surface area contributed by atoms with Crippen LogP contribution in [0.15, 0.2) is 35.9 Å². The van der Waals surface area contributed by atoms with Crippen LogP contribution < -0.4 is 4.74 Å². The molecule has 0 spiro atoms. The van der Waals surface area contributed by atoms with E-state index in [2.05, 4.69) is 0 Å². The first-order chi connectivity index (χ1) is 8.00. The number of ether oxygens (including phenoxy) is 1. The minimum Gasteiger partial charge on any atom is -0.490 e. The molecule has 0 saturated heterocycles. The summed E-state index contributed by atoms with van der Waals surface area (Å²) in [6, 6.07) is 5.57. The fourth-order valence-electron chi connectivity index (χ4n) is 1.01. The molecule has 0 aliphatic rings. The van der Waals surface area contributed by atoms with E-state index in [1.807, 2.05) is 0 Å². The summed E-state index contributed by atoms with van der Waals surface area (Å²) >= 11 is 0. The predicted octanol–water partition coefficient (Wildman–Crippen LogP) is 2.00. The van der Waals surface area contributed by atoms with E-state index in [4.69, 9.17) is 9.84 Å². The molecule has 0 bridgehead atoms. The molecule has 17 heavy (non-hydrogen) atoms. The molecule has 90 valence electrons. The molecule has 0 heterocycles. The van der Waals surface area contributed by atoms with Gasteiger partial charge in [0.05, 0.1) is 4.92 Å². The first kappa shape index (κ1) is 12.7. The number of rotatable bonds is 5. The largest absolute Gasteiger partial charge is 0.490 e. The van der Waals surface area contributed by atoms with Crippen molar-refractivity contribution < 1.29 is 19.6 Å². The molecule has 0 radical (unpaired) electrons. The maximum absolute atomic E-state index is 10.5. The minimum atomic E-state index is -1.00. The summed E-state index contributed by atoms with van der Waals surface area (Å²) < 4.78 is 5.20. The average Bonchev–Trinajstić information content (AvgIpc) is 2.29. The van der Waals surface area contributed by atoms with Crippen molar-refractivity contribution in [2.24, 2.45) is 0 Å². The molecule has 1 N–H and O–H groups in total. The summed E-state index contributed by atoms with van der Waals surface area (Å²) in [5.74, 6) is -0.553. The van der Waals surface area contributed by atoms with Crippen LogP contribution in [0.3, 0.4) is 0 Å². The summed E-state index contributed by atoms with van der Waals surface area (Å²) in [4.78, 5) is 20.3. The fraction of sp³-hybridized carbons (Fsp3) is 0.182. The summed E-state index contributed by atoms with van der Waals surface area (Å²) in [7, 11) is 0. The van der Waals surface area contributed by atoms with Crippen molar-refractivity contribution in [1.82, 2.24) is 0 Å². The summed E-state index contributed by atoms with van der Waals surface area (Å²) in [5.41, 5.74) is 0.168. The van der Waals surface area contributed by atoms with Crippen molar-refractivity contribution in [2.75, 3.05) is 6.61 Å². The molecule has 6 nitrogen and oxygen atoms in total. The van der Waals surface area contributed by atoms with Gasteiger partial charge in [0.15, 0.2) is 0 Å². The van der Waals surface area contributed by atoms with E-state index in [0.717, 1.165) is 0 Å². The molecule has 0 fully saturated rings. The standard InChI is InChI=1S/C11H11NO5/c1-8(11(13)14)6-7-17-10-4-2-9(3-5-10)12(15)16/h2-6H,7H2,1H3,(H,13,14). The Balaban J connectivity index is 2.56. The van der Waals surface area contributed by atoms with Gasteiger partial charge in [0.25, 0.3) is 5.69 Å². The number of aliphatic carboxylic acids is 1. The van der Waals surface area contributed by atoms with E-state index in [0.29, 0.717) is 5.75 Å². The fourth-order valence-corrected chi connectivity index (χ4v) is 1.01. The Morgan fingerprint density at radius 1 is 1.47 bits per heavy atom. The number of hydrogen-bond donors (Lipinski definition) is 1. The molecule has 0 aliphatic heterocycles. The Morgan fingerprint density at radius 2 is 2.06 bits per heavy atom. The zero-order valence-electron chi connectivity index (χ0n) is 9.12. The molecule has 0 atom stereocenters. The van der Waals surface area contributed by atoms with Gasteiger partial charge in [0.2, 0.25) is 0 Å². The van der Waals surface area contributed by atoms with Crippen LogP contribution in [0, 0.1) is 10.1 Å². The average molecular weight is 237 g/mol. The van der Waals surface area contributed by atoms with Crippen LogP contribution >= 0.6 is 0 Å². The zero-order chi connectivity index (χ0) is 12.8. The number of carboxylic acids is 1. The molecular formula is C11H11NO5. The van der Waals surface area contributed by atoms with Gasteiger partial charge in [-0.25, -0.2) is 4.79 Å². The number of hydrogen-bond acceptors (Lipinski definition) is 4. The Kier molecular flexibility index (Phi) is 4.21. The third-order valence-electron chi connectivity index (χ3n) is 2.02. The van der Waals surface area contributed by atoms with E-state index < -0.39 is 10.9 Å². The van der Waals surface area contributed by atoms with Gasteiger partial charge >= 0.3 is 5.97 Å². The Labute approximate surface area is 97.3 Å². The van der Waals surface area contributed by atoms with Crippen molar-refractivity contribution in [3.63, 3.8) is 0 Å². The van der Waals surface area contributed by atoms with Crippen LogP contribution in [0.4, 0.5) is 5.69 Å². The quantitative estimate of drug-likeness (QED) is 0.480. The number of non-ortho nitro benzene ring substituents is 1. The highest BCUT2D eigenvalue weighted by atomic mass is 16.6. The monoisotopic (exact) mass is 237 g/mol. The van der Waals surface area contributed by atoms with Gasteiger partial charge in [0, 0.05) is 17.7 Å². The third-order valence-corrected chi connectivity index (χ3v) is 2.02.